The average Bonchev–Trinajstić information content (AvgIpc) is 2.61. The maximum absolute atomic E-state index is 12.4. The number of ketones is 1. The fourth-order valence-electron chi connectivity index (χ4n) is 2.14. The van der Waals surface area contributed by atoms with E-state index in [0.717, 1.165) is 17.3 Å². The number of esters is 1. The smallest absolute Gasteiger partial charge is 0.310 e. The number of unbranched alkanes of at least 4 members (excludes halogenated alkanes) is 1. The van der Waals surface area contributed by atoms with Crippen molar-refractivity contribution in [2.75, 3.05) is 19.0 Å². The number of ether oxygens (including phenoxy) is 1. The van der Waals surface area contributed by atoms with Crippen LogP contribution in [0.2, 0.25) is 0 Å². The Balaban J connectivity index is 2.54. The SMILES string of the molecule is CC(=O)SCC(CC(=O)c1ccc(C)cc1)C(=O)OCCCCO[N+](=O)[O-]. The fraction of sp³-hybridized carbons (Fsp3) is 0.500. The number of hydrogen-bond donors (Lipinski definition) is 0. The molecule has 0 heterocycles. The molecular formula is C18H23NO7S. The molecule has 1 unspecified atom stereocenters. The first-order valence-electron chi connectivity index (χ1n) is 8.46. The highest BCUT2D eigenvalue weighted by molar-refractivity contribution is 8.13. The quantitative estimate of drug-likeness (QED) is 0.174. The molecule has 0 radical (unpaired) electrons. The summed E-state index contributed by atoms with van der Waals surface area (Å²) in [5, 5.41) is 9.01. The Bertz CT molecular complexity index is 660. The second-order valence-electron chi connectivity index (χ2n) is 5.92. The molecule has 0 aliphatic carbocycles. The van der Waals surface area contributed by atoms with Crippen molar-refractivity contribution in [3.63, 3.8) is 0 Å². The Hall–Kier alpha value is -2.42. The summed E-state index contributed by atoms with van der Waals surface area (Å²) in [4.78, 5) is 50.1. The van der Waals surface area contributed by atoms with E-state index in [1.54, 1.807) is 12.1 Å². The first-order chi connectivity index (χ1) is 12.8. The van der Waals surface area contributed by atoms with Gasteiger partial charge < -0.3 is 9.57 Å². The predicted octanol–water partition coefficient (Wildman–Crippen LogP) is 3.00. The van der Waals surface area contributed by atoms with Gasteiger partial charge in [0.2, 0.25) is 0 Å². The van der Waals surface area contributed by atoms with Crippen LogP contribution in [0.5, 0.6) is 0 Å². The van der Waals surface area contributed by atoms with Gasteiger partial charge in [-0.2, -0.15) is 0 Å². The van der Waals surface area contributed by atoms with Crippen LogP contribution >= 0.6 is 11.8 Å². The van der Waals surface area contributed by atoms with Gasteiger partial charge in [-0.05, 0) is 19.8 Å². The number of aryl methyl sites for hydroxylation is 1. The maximum atomic E-state index is 12.4. The molecule has 0 amide bonds. The van der Waals surface area contributed by atoms with Crippen molar-refractivity contribution in [1.29, 1.82) is 0 Å². The van der Waals surface area contributed by atoms with Crippen LogP contribution in [-0.2, 0) is 19.2 Å². The number of Topliss-reactive ketones (excluding diaryl/α,β-unsaturated/α-hetero) is 1. The molecule has 1 rings (SSSR count). The molecule has 8 nitrogen and oxygen atoms in total. The molecule has 148 valence electrons. The van der Waals surface area contributed by atoms with Crippen LogP contribution in [0.25, 0.3) is 0 Å². The van der Waals surface area contributed by atoms with Crippen molar-refractivity contribution in [2.45, 2.75) is 33.1 Å². The number of carbonyl (C=O) groups excluding carboxylic acids is 3. The lowest BCUT2D eigenvalue weighted by molar-refractivity contribution is -0.757. The van der Waals surface area contributed by atoms with E-state index in [1.165, 1.54) is 6.92 Å². The molecule has 0 aliphatic heterocycles. The topological polar surface area (TPSA) is 113 Å². The molecule has 1 aromatic carbocycles. The van der Waals surface area contributed by atoms with Gasteiger partial charge in [-0.15, -0.1) is 10.1 Å². The summed E-state index contributed by atoms with van der Waals surface area (Å²) in [7, 11) is 0. The Morgan fingerprint density at radius 2 is 1.78 bits per heavy atom. The molecule has 27 heavy (non-hydrogen) atoms. The number of rotatable bonds is 12. The van der Waals surface area contributed by atoms with Crippen LogP contribution in [0, 0.1) is 23.0 Å². The molecule has 0 N–H and O–H groups in total. The van der Waals surface area contributed by atoms with Crippen LogP contribution in [0.4, 0.5) is 0 Å². The van der Waals surface area contributed by atoms with Crippen molar-refractivity contribution in [1.82, 2.24) is 0 Å². The van der Waals surface area contributed by atoms with Crippen LogP contribution in [0.3, 0.4) is 0 Å². The standard InChI is InChI=1S/C18H23NO7S/c1-13-5-7-15(8-6-13)17(21)11-16(12-27-14(2)20)18(22)25-9-3-4-10-26-19(23)24/h5-8,16H,3-4,9-12H2,1-2H3. The summed E-state index contributed by atoms with van der Waals surface area (Å²) in [5.41, 5.74) is 1.53. The van der Waals surface area contributed by atoms with Gasteiger partial charge in [-0.1, -0.05) is 41.6 Å². The van der Waals surface area contributed by atoms with Crippen molar-refractivity contribution >= 4 is 28.6 Å². The first-order valence-corrected chi connectivity index (χ1v) is 9.45. The minimum atomic E-state index is -0.877. The highest BCUT2D eigenvalue weighted by Gasteiger charge is 2.24. The molecule has 9 heteroatoms. The number of nitrogens with zero attached hydrogens (tertiary/aromatic N) is 1. The fourth-order valence-corrected chi connectivity index (χ4v) is 2.83. The number of hydrogen-bond acceptors (Lipinski definition) is 8. The van der Waals surface area contributed by atoms with E-state index in [9.17, 15) is 24.5 Å². The van der Waals surface area contributed by atoms with E-state index >= 15 is 0 Å². The van der Waals surface area contributed by atoms with Gasteiger partial charge in [0.05, 0.1) is 19.1 Å². The lowest BCUT2D eigenvalue weighted by Crippen LogP contribution is -2.24. The third kappa shape index (κ3) is 9.74. The highest BCUT2D eigenvalue weighted by atomic mass is 32.2. The largest absolute Gasteiger partial charge is 0.465 e. The summed E-state index contributed by atoms with van der Waals surface area (Å²) < 4.78 is 5.16. The van der Waals surface area contributed by atoms with Crippen LogP contribution < -0.4 is 0 Å². The summed E-state index contributed by atoms with van der Waals surface area (Å²) in [6.45, 7) is 3.30. The molecule has 0 saturated carbocycles. The van der Waals surface area contributed by atoms with Gasteiger partial charge in [0.1, 0.15) is 0 Å². The minimum absolute atomic E-state index is 0.0490. The van der Waals surface area contributed by atoms with Gasteiger partial charge in [0.25, 0.3) is 5.09 Å². The zero-order valence-corrected chi connectivity index (χ0v) is 16.2. The van der Waals surface area contributed by atoms with Crippen LogP contribution in [0.1, 0.15) is 42.1 Å². The third-order valence-corrected chi connectivity index (χ3v) is 4.58. The Labute approximate surface area is 161 Å². The normalized spacial score (nSPS) is 11.5. The van der Waals surface area contributed by atoms with Crippen LogP contribution in [-0.4, -0.2) is 40.9 Å². The zero-order valence-electron chi connectivity index (χ0n) is 15.3. The van der Waals surface area contributed by atoms with E-state index in [4.69, 9.17) is 4.74 Å². The Kier molecular flexibility index (Phi) is 10.1. The third-order valence-electron chi connectivity index (χ3n) is 3.61. The molecule has 0 aromatic heterocycles. The van der Waals surface area contributed by atoms with Gasteiger partial charge in [-0.25, -0.2) is 0 Å². The van der Waals surface area contributed by atoms with E-state index in [1.807, 2.05) is 19.1 Å². The summed E-state index contributed by atoms with van der Waals surface area (Å²) in [6, 6.07) is 7.04. The lowest BCUT2D eigenvalue weighted by atomic mass is 9.99. The molecule has 1 aromatic rings. The summed E-state index contributed by atoms with van der Waals surface area (Å²) in [6.07, 6.45) is 0.716. The van der Waals surface area contributed by atoms with Crippen molar-refractivity contribution in [3.8, 4) is 0 Å². The molecular weight excluding hydrogens is 374 g/mol. The van der Waals surface area contributed by atoms with Crippen LogP contribution in [0.15, 0.2) is 24.3 Å². The van der Waals surface area contributed by atoms with Gasteiger partial charge >= 0.3 is 5.97 Å². The Morgan fingerprint density at radius 3 is 2.37 bits per heavy atom. The summed E-state index contributed by atoms with van der Waals surface area (Å²) >= 11 is 0.971. The Morgan fingerprint density at radius 1 is 1.15 bits per heavy atom. The molecule has 0 aliphatic rings. The highest BCUT2D eigenvalue weighted by Crippen LogP contribution is 2.18. The van der Waals surface area contributed by atoms with Gasteiger partial charge in [0, 0.05) is 24.7 Å². The van der Waals surface area contributed by atoms with Gasteiger partial charge in [-0.3, -0.25) is 14.4 Å². The number of benzene rings is 1. The van der Waals surface area contributed by atoms with Crippen molar-refractivity contribution in [3.05, 3.63) is 45.5 Å². The molecule has 0 saturated heterocycles. The summed E-state index contributed by atoms with van der Waals surface area (Å²) in [5.74, 6) is -1.32. The number of thioether (sulfide) groups is 1. The molecule has 1 atom stereocenters. The molecule has 0 spiro atoms. The van der Waals surface area contributed by atoms with Crippen molar-refractivity contribution in [2.24, 2.45) is 5.92 Å². The molecule has 0 bridgehead atoms. The van der Waals surface area contributed by atoms with Crippen molar-refractivity contribution < 1.29 is 29.0 Å². The van der Waals surface area contributed by atoms with Gasteiger partial charge in [0.15, 0.2) is 10.9 Å². The average molecular weight is 397 g/mol. The zero-order chi connectivity index (χ0) is 20.2. The maximum Gasteiger partial charge on any atom is 0.310 e. The monoisotopic (exact) mass is 397 g/mol. The second-order valence-corrected chi connectivity index (χ2v) is 7.12. The second kappa shape index (κ2) is 12.1. The minimum Gasteiger partial charge on any atom is -0.465 e. The van der Waals surface area contributed by atoms with E-state index < -0.39 is 17.0 Å². The number of carbonyl (C=O) groups is 3. The molecule has 0 fully saturated rings. The predicted molar refractivity (Wildman–Crippen MR) is 99.9 cm³/mol. The van der Waals surface area contributed by atoms with E-state index in [0.29, 0.717) is 18.4 Å². The first kappa shape index (κ1) is 22.6. The van der Waals surface area contributed by atoms with E-state index in [2.05, 4.69) is 4.84 Å². The van der Waals surface area contributed by atoms with E-state index in [-0.39, 0.29) is 36.3 Å². The lowest BCUT2D eigenvalue weighted by Gasteiger charge is -2.15.